The molecule has 5 nitrogen and oxygen atoms in total. The summed E-state index contributed by atoms with van der Waals surface area (Å²) in [6, 6.07) is 16.9. The van der Waals surface area contributed by atoms with Crippen molar-refractivity contribution in [3.05, 3.63) is 65.7 Å². The molecule has 1 aliphatic rings. The number of amides is 2. The van der Waals surface area contributed by atoms with Crippen LogP contribution >= 0.6 is 0 Å². The number of carbonyl (C=O) groups excluding carboxylic acids is 2. The lowest BCUT2D eigenvalue weighted by Crippen LogP contribution is -2.51. The van der Waals surface area contributed by atoms with Gasteiger partial charge in [-0.15, -0.1) is 0 Å². The fourth-order valence-electron chi connectivity index (χ4n) is 3.87. The molecule has 3 rings (SSSR count). The first-order chi connectivity index (χ1) is 14.5. The Labute approximate surface area is 179 Å². The van der Waals surface area contributed by atoms with Crippen molar-refractivity contribution in [3.8, 4) is 5.75 Å². The zero-order valence-electron chi connectivity index (χ0n) is 18.0. The smallest absolute Gasteiger partial charge is 0.261 e. The van der Waals surface area contributed by atoms with Crippen molar-refractivity contribution in [3.63, 3.8) is 0 Å². The normalized spacial score (nSPS) is 15.3. The number of benzene rings is 2. The Morgan fingerprint density at radius 3 is 2.40 bits per heavy atom. The Hall–Kier alpha value is -2.82. The summed E-state index contributed by atoms with van der Waals surface area (Å²) in [5, 5.41) is 3.15. The molecule has 1 saturated carbocycles. The molecule has 2 aromatic carbocycles. The lowest BCUT2D eigenvalue weighted by molar-refractivity contribution is -0.142. The maximum absolute atomic E-state index is 13.1. The molecule has 5 heteroatoms. The average molecular weight is 409 g/mol. The van der Waals surface area contributed by atoms with Crippen LogP contribution in [0.2, 0.25) is 0 Å². The monoisotopic (exact) mass is 408 g/mol. The van der Waals surface area contributed by atoms with E-state index in [-0.39, 0.29) is 24.5 Å². The summed E-state index contributed by atoms with van der Waals surface area (Å²) < 4.78 is 5.67. The van der Waals surface area contributed by atoms with Crippen molar-refractivity contribution >= 4 is 11.8 Å². The van der Waals surface area contributed by atoms with E-state index in [4.69, 9.17) is 4.74 Å². The Balaban J connectivity index is 1.71. The number of ether oxygens (including phenoxy) is 1. The lowest BCUT2D eigenvalue weighted by Gasteiger charge is -2.31. The third-order valence-corrected chi connectivity index (χ3v) is 5.83. The summed E-state index contributed by atoms with van der Waals surface area (Å²) in [6.45, 7) is 4.10. The molecule has 0 aromatic heterocycles. The second kappa shape index (κ2) is 10.8. The number of nitrogens with zero attached hydrogens (tertiary/aromatic N) is 1. The van der Waals surface area contributed by atoms with Gasteiger partial charge in [0.15, 0.2) is 6.61 Å². The molecule has 1 atom stereocenters. The Morgan fingerprint density at radius 2 is 1.70 bits per heavy atom. The fourth-order valence-corrected chi connectivity index (χ4v) is 3.87. The Morgan fingerprint density at radius 1 is 1.03 bits per heavy atom. The highest BCUT2D eigenvalue weighted by atomic mass is 16.5. The van der Waals surface area contributed by atoms with Gasteiger partial charge in [-0.2, -0.15) is 0 Å². The minimum atomic E-state index is -0.571. The van der Waals surface area contributed by atoms with Crippen LogP contribution in [0.4, 0.5) is 0 Å². The Kier molecular flexibility index (Phi) is 7.89. The third kappa shape index (κ3) is 6.09. The van der Waals surface area contributed by atoms with Crippen LogP contribution < -0.4 is 10.1 Å². The number of rotatable bonds is 8. The molecule has 2 aromatic rings. The van der Waals surface area contributed by atoms with Crippen molar-refractivity contribution in [1.29, 1.82) is 0 Å². The predicted octanol–water partition coefficient (Wildman–Crippen LogP) is 4.24. The number of nitrogens with one attached hydrogen (secondary N) is 1. The zero-order valence-corrected chi connectivity index (χ0v) is 18.0. The summed E-state index contributed by atoms with van der Waals surface area (Å²) in [6.07, 6.45) is 5.56. The quantitative estimate of drug-likeness (QED) is 0.711. The molecule has 0 saturated heterocycles. The van der Waals surface area contributed by atoms with Gasteiger partial charge in [-0.1, -0.05) is 61.7 Å². The molecule has 30 heavy (non-hydrogen) atoms. The largest absolute Gasteiger partial charge is 0.484 e. The van der Waals surface area contributed by atoms with E-state index in [1.54, 1.807) is 11.8 Å². The van der Waals surface area contributed by atoms with Gasteiger partial charge in [0.05, 0.1) is 0 Å². The molecule has 1 aliphatic carbocycles. The van der Waals surface area contributed by atoms with Crippen LogP contribution in [0.3, 0.4) is 0 Å². The maximum Gasteiger partial charge on any atom is 0.261 e. The molecule has 1 N–H and O–H groups in total. The topological polar surface area (TPSA) is 58.6 Å². The van der Waals surface area contributed by atoms with Crippen LogP contribution in [-0.4, -0.2) is 35.4 Å². The average Bonchev–Trinajstić information content (AvgIpc) is 2.78. The highest BCUT2D eigenvalue weighted by molar-refractivity contribution is 5.88. The molecule has 0 unspecified atom stereocenters. The van der Waals surface area contributed by atoms with Crippen molar-refractivity contribution < 1.29 is 14.3 Å². The number of hydrogen-bond donors (Lipinski definition) is 1. The van der Waals surface area contributed by atoms with Crippen molar-refractivity contribution in [2.45, 2.75) is 64.6 Å². The van der Waals surface area contributed by atoms with Crippen molar-refractivity contribution in [2.24, 2.45) is 0 Å². The second-order valence-electron chi connectivity index (χ2n) is 8.07. The molecule has 0 heterocycles. The van der Waals surface area contributed by atoms with Gasteiger partial charge < -0.3 is 15.0 Å². The van der Waals surface area contributed by atoms with Crippen LogP contribution in [0, 0.1) is 6.92 Å². The second-order valence-corrected chi connectivity index (χ2v) is 8.07. The molecule has 2 amide bonds. The molecular weight excluding hydrogens is 376 g/mol. The molecule has 0 bridgehead atoms. The van der Waals surface area contributed by atoms with E-state index >= 15 is 0 Å². The van der Waals surface area contributed by atoms with Crippen LogP contribution in [0.1, 0.15) is 50.2 Å². The predicted molar refractivity (Wildman–Crippen MR) is 118 cm³/mol. The Bertz CT molecular complexity index is 831. The summed E-state index contributed by atoms with van der Waals surface area (Å²) in [4.78, 5) is 27.7. The van der Waals surface area contributed by atoms with E-state index in [0.29, 0.717) is 12.3 Å². The van der Waals surface area contributed by atoms with Gasteiger partial charge in [0.25, 0.3) is 5.91 Å². The molecule has 0 spiro atoms. The fraction of sp³-hybridized carbons (Fsp3) is 0.440. The summed E-state index contributed by atoms with van der Waals surface area (Å²) in [5.74, 6) is 0.345. The van der Waals surface area contributed by atoms with E-state index in [2.05, 4.69) is 5.32 Å². The lowest BCUT2D eigenvalue weighted by atomic mass is 9.95. The summed E-state index contributed by atoms with van der Waals surface area (Å²) >= 11 is 0. The van der Waals surface area contributed by atoms with E-state index in [1.807, 2.05) is 61.5 Å². The van der Waals surface area contributed by atoms with Crippen LogP contribution in [0.15, 0.2) is 54.6 Å². The first-order valence-corrected chi connectivity index (χ1v) is 10.9. The van der Waals surface area contributed by atoms with Gasteiger partial charge in [-0.25, -0.2) is 0 Å². The highest BCUT2D eigenvalue weighted by Gasteiger charge is 2.28. The van der Waals surface area contributed by atoms with Gasteiger partial charge in [-0.3, -0.25) is 9.59 Å². The standard InChI is InChI=1S/C25H32N2O3/c1-19-11-9-10-12-21(19)17-27(24(28)18-30-23-15-7-4-8-16-23)20(2)25(29)26-22-13-5-3-6-14-22/h4,7-12,15-16,20,22H,3,5-6,13-14,17-18H2,1-2H3,(H,26,29)/t20-/m1/s1. The number of para-hydroxylation sites is 1. The van der Waals surface area contributed by atoms with Gasteiger partial charge in [-0.05, 0) is 49.9 Å². The third-order valence-electron chi connectivity index (χ3n) is 5.83. The van der Waals surface area contributed by atoms with E-state index < -0.39 is 6.04 Å². The summed E-state index contributed by atoms with van der Waals surface area (Å²) in [7, 11) is 0. The first-order valence-electron chi connectivity index (χ1n) is 10.9. The maximum atomic E-state index is 13.1. The first kappa shape index (κ1) is 21.9. The number of carbonyl (C=O) groups is 2. The van der Waals surface area contributed by atoms with Gasteiger partial charge in [0.2, 0.25) is 5.91 Å². The van der Waals surface area contributed by atoms with Gasteiger partial charge >= 0.3 is 0 Å². The molecule has 1 fully saturated rings. The molecule has 160 valence electrons. The number of hydrogen-bond acceptors (Lipinski definition) is 3. The van der Waals surface area contributed by atoms with Crippen LogP contribution in [0.25, 0.3) is 0 Å². The van der Waals surface area contributed by atoms with Crippen molar-refractivity contribution in [2.75, 3.05) is 6.61 Å². The van der Waals surface area contributed by atoms with E-state index in [0.717, 1.165) is 36.8 Å². The molecule has 0 aliphatic heterocycles. The summed E-state index contributed by atoms with van der Waals surface area (Å²) in [5.41, 5.74) is 2.13. The molecular formula is C25H32N2O3. The van der Waals surface area contributed by atoms with Crippen molar-refractivity contribution in [1.82, 2.24) is 10.2 Å². The molecule has 0 radical (unpaired) electrons. The highest BCUT2D eigenvalue weighted by Crippen LogP contribution is 2.19. The SMILES string of the molecule is Cc1ccccc1CN(C(=O)COc1ccccc1)[C@H](C)C(=O)NC1CCCCC1. The minimum absolute atomic E-state index is 0.0939. The van der Waals surface area contributed by atoms with E-state index in [1.165, 1.54) is 6.42 Å². The minimum Gasteiger partial charge on any atom is -0.484 e. The van der Waals surface area contributed by atoms with Crippen LogP contribution in [0.5, 0.6) is 5.75 Å². The van der Waals surface area contributed by atoms with Gasteiger partial charge in [0, 0.05) is 12.6 Å². The zero-order chi connectivity index (χ0) is 21.3. The van der Waals surface area contributed by atoms with E-state index in [9.17, 15) is 9.59 Å². The van der Waals surface area contributed by atoms with Crippen LogP contribution in [-0.2, 0) is 16.1 Å². The van der Waals surface area contributed by atoms with Gasteiger partial charge in [0.1, 0.15) is 11.8 Å². The number of aryl methyl sites for hydroxylation is 1.